The Morgan fingerprint density at radius 1 is 0.957 bits per heavy atom. The van der Waals surface area contributed by atoms with Gasteiger partial charge in [0.2, 0.25) is 0 Å². The van der Waals surface area contributed by atoms with E-state index in [1.54, 1.807) is 41.5 Å². The molecule has 0 aromatic heterocycles. The highest BCUT2D eigenvalue weighted by atomic mass is 16.6. The summed E-state index contributed by atoms with van der Waals surface area (Å²) in [5, 5.41) is 9.61. The molecule has 1 N–H and O–H groups in total. The van der Waals surface area contributed by atoms with E-state index in [-0.39, 0.29) is 12.0 Å². The molecule has 0 aromatic carbocycles. The summed E-state index contributed by atoms with van der Waals surface area (Å²) < 4.78 is 10.7. The van der Waals surface area contributed by atoms with Gasteiger partial charge >= 0.3 is 12.2 Å². The molecule has 6 nitrogen and oxygen atoms in total. The van der Waals surface area contributed by atoms with Crippen molar-refractivity contribution >= 4 is 12.2 Å². The summed E-state index contributed by atoms with van der Waals surface area (Å²) in [5.41, 5.74) is -1.35. The first-order valence-corrected chi connectivity index (χ1v) is 8.29. The molecule has 0 saturated heterocycles. The third kappa shape index (κ3) is 4.83. The number of amides is 2. The maximum absolute atomic E-state index is 12.4. The lowest BCUT2D eigenvalue weighted by Gasteiger charge is -2.29. The number of fused-ring (bicyclic) bond motifs is 1. The molecular weight excluding hydrogens is 298 g/mol. The van der Waals surface area contributed by atoms with Crippen LogP contribution in [0.4, 0.5) is 9.59 Å². The van der Waals surface area contributed by atoms with Crippen molar-refractivity contribution < 1.29 is 24.2 Å². The fraction of sp³-hybridized carbons (Fsp3) is 0.882. The number of ether oxygens (including phenoxy) is 2. The van der Waals surface area contributed by atoms with E-state index in [9.17, 15) is 14.7 Å². The molecule has 132 valence electrons. The van der Waals surface area contributed by atoms with Crippen molar-refractivity contribution in [3.8, 4) is 0 Å². The zero-order valence-corrected chi connectivity index (χ0v) is 15.0. The van der Waals surface area contributed by atoms with E-state index in [1.165, 1.54) is 0 Å². The number of aliphatic hydroxyl groups is 1. The summed E-state index contributed by atoms with van der Waals surface area (Å²) in [6.45, 7) is 10.9. The van der Waals surface area contributed by atoms with Crippen LogP contribution < -0.4 is 0 Å². The summed E-state index contributed by atoms with van der Waals surface area (Å²) in [7, 11) is 0. The lowest BCUT2D eigenvalue weighted by Crippen LogP contribution is -2.45. The van der Waals surface area contributed by atoms with Crippen molar-refractivity contribution in [2.45, 2.75) is 71.7 Å². The van der Waals surface area contributed by atoms with E-state index in [2.05, 4.69) is 0 Å². The Labute approximate surface area is 138 Å². The van der Waals surface area contributed by atoms with Crippen molar-refractivity contribution in [1.29, 1.82) is 0 Å². The van der Waals surface area contributed by atoms with Gasteiger partial charge in [0, 0.05) is 6.54 Å². The summed E-state index contributed by atoms with van der Waals surface area (Å²) >= 11 is 0. The fourth-order valence-corrected chi connectivity index (χ4v) is 3.29. The Kier molecular flexibility index (Phi) is 4.68. The first kappa shape index (κ1) is 18.0. The molecule has 2 saturated carbocycles. The normalized spacial score (nSPS) is 29.7. The Hall–Kier alpha value is -1.30. The highest BCUT2D eigenvalue weighted by Gasteiger charge is 2.57. The number of hydrogen-bond acceptors (Lipinski definition) is 5. The van der Waals surface area contributed by atoms with E-state index in [0.29, 0.717) is 18.4 Å². The second kappa shape index (κ2) is 5.96. The molecule has 2 rings (SSSR count). The predicted octanol–water partition coefficient (Wildman–Crippen LogP) is 3.18. The Bertz CT molecular complexity index is 436. The monoisotopic (exact) mass is 327 g/mol. The molecule has 2 aliphatic carbocycles. The molecule has 2 aliphatic rings. The van der Waals surface area contributed by atoms with Gasteiger partial charge in [-0.05, 0) is 72.1 Å². The number of carbonyl (C=O) groups is 2. The van der Waals surface area contributed by atoms with E-state index < -0.39 is 23.4 Å². The van der Waals surface area contributed by atoms with Crippen molar-refractivity contribution in [1.82, 2.24) is 4.90 Å². The zero-order chi connectivity index (χ0) is 17.6. The van der Waals surface area contributed by atoms with E-state index >= 15 is 0 Å². The average molecular weight is 327 g/mol. The third-order valence-electron chi connectivity index (χ3n) is 4.22. The van der Waals surface area contributed by atoms with Crippen LogP contribution in [0, 0.1) is 17.8 Å². The minimum absolute atomic E-state index is 0.238. The van der Waals surface area contributed by atoms with Gasteiger partial charge in [-0.1, -0.05) is 0 Å². The first-order valence-electron chi connectivity index (χ1n) is 8.29. The molecule has 2 fully saturated rings. The average Bonchev–Trinajstić information content (AvgIpc) is 2.74. The summed E-state index contributed by atoms with van der Waals surface area (Å²) in [6, 6.07) is 0. The standard InChI is InChI=1S/C17H29NO5/c1-16(2,3)22-14(20)18(15(21)23-17(4,5)6)9-13-11-7-10(19)8-12(11)13/h10-13,19H,7-9H2,1-6H3/t10?,11-,12+,13-. The maximum Gasteiger partial charge on any atom is 0.419 e. The van der Waals surface area contributed by atoms with Gasteiger partial charge < -0.3 is 14.6 Å². The van der Waals surface area contributed by atoms with Crippen LogP contribution in [0.5, 0.6) is 0 Å². The molecule has 23 heavy (non-hydrogen) atoms. The molecule has 6 heteroatoms. The number of hydrogen-bond donors (Lipinski definition) is 1. The Balaban J connectivity index is 2.03. The van der Waals surface area contributed by atoms with Crippen LogP contribution in [0.2, 0.25) is 0 Å². The Morgan fingerprint density at radius 2 is 1.35 bits per heavy atom. The SMILES string of the molecule is CC(C)(C)OC(=O)N(C[C@@H]1[C@@H]2CC(O)C[C@@H]21)C(=O)OC(C)(C)C. The van der Waals surface area contributed by atoms with E-state index in [0.717, 1.165) is 17.7 Å². The van der Waals surface area contributed by atoms with Crippen LogP contribution in [0.3, 0.4) is 0 Å². The smallest absolute Gasteiger partial charge is 0.419 e. The topological polar surface area (TPSA) is 76.1 Å². The number of carbonyl (C=O) groups excluding carboxylic acids is 2. The lowest BCUT2D eigenvalue weighted by molar-refractivity contribution is -0.000293. The van der Waals surface area contributed by atoms with Crippen LogP contribution in [-0.4, -0.2) is 46.0 Å². The second-order valence-electron chi connectivity index (χ2n) is 8.69. The van der Waals surface area contributed by atoms with Gasteiger partial charge in [-0.2, -0.15) is 0 Å². The van der Waals surface area contributed by atoms with Crippen molar-refractivity contribution in [3.63, 3.8) is 0 Å². The minimum Gasteiger partial charge on any atom is -0.443 e. The molecule has 0 bridgehead atoms. The third-order valence-corrected chi connectivity index (χ3v) is 4.22. The van der Waals surface area contributed by atoms with Crippen molar-refractivity contribution in [2.75, 3.05) is 6.54 Å². The highest BCUT2D eigenvalue weighted by molar-refractivity contribution is 5.88. The zero-order valence-electron chi connectivity index (χ0n) is 15.0. The molecule has 4 atom stereocenters. The van der Waals surface area contributed by atoms with Gasteiger partial charge in [-0.15, -0.1) is 0 Å². The largest absolute Gasteiger partial charge is 0.443 e. The number of rotatable bonds is 2. The lowest BCUT2D eigenvalue weighted by atomic mass is 10.1. The highest BCUT2D eigenvalue weighted by Crippen LogP contribution is 2.57. The molecule has 2 amide bonds. The minimum atomic E-state index is -0.674. The first-order chi connectivity index (χ1) is 10.4. The van der Waals surface area contributed by atoms with Crippen LogP contribution in [-0.2, 0) is 9.47 Å². The van der Waals surface area contributed by atoms with Gasteiger partial charge in [0.15, 0.2) is 0 Å². The van der Waals surface area contributed by atoms with Gasteiger partial charge in [0.25, 0.3) is 0 Å². The van der Waals surface area contributed by atoms with Crippen LogP contribution >= 0.6 is 0 Å². The number of aliphatic hydroxyl groups excluding tert-OH is 1. The second-order valence-corrected chi connectivity index (χ2v) is 8.69. The predicted molar refractivity (Wildman–Crippen MR) is 84.9 cm³/mol. The van der Waals surface area contributed by atoms with Crippen molar-refractivity contribution in [3.05, 3.63) is 0 Å². The molecule has 0 aromatic rings. The number of imide groups is 1. The quantitative estimate of drug-likeness (QED) is 0.843. The molecular formula is C17H29NO5. The summed E-state index contributed by atoms with van der Waals surface area (Å²) in [5.74, 6) is 1.05. The molecule has 0 aliphatic heterocycles. The van der Waals surface area contributed by atoms with Gasteiger partial charge in [-0.25, -0.2) is 14.5 Å². The molecule has 1 unspecified atom stereocenters. The van der Waals surface area contributed by atoms with E-state index in [1.807, 2.05) is 0 Å². The van der Waals surface area contributed by atoms with Gasteiger partial charge in [0.05, 0.1) is 6.10 Å². The molecule has 0 radical (unpaired) electrons. The van der Waals surface area contributed by atoms with Crippen LogP contribution in [0.1, 0.15) is 54.4 Å². The Morgan fingerprint density at radius 3 is 1.70 bits per heavy atom. The molecule has 0 spiro atoms. The fourth-order valence-electron chi connectivity index (χ4n) is 3.29. The van der Waals surface area contributed by atoms with Crippen molar-refractivity contribution in [2.24, 2.45) is 17.8 Å². The number of nitrogens with zero attached hydrogens (tertiary/aromatic N) is 1. The molecule has 0 heterocycles. The van der Waals surface area contributed by atoms with Crippen LogP contribution in [0.25, 0.3) is 0 Å². The van der Waals surface area contributed by atoms with Gasteiger partial charge in [-0.3, -0.25) is 0 Å². The maximum atomic E-state index is 12.4. The van der Waals surface area contributed by atoms with E-state index in [4.69, 9.17) is 9.47 Å². The summed E-state index contributed by atoms with van der Waals surface area (Å²) in [4.78, 5) is 25.8. The summed E-state index contributed by atoms with van der Waals surface area (Å²) in [6.07, 6.45) is -0.0650. The van der Waals surface area contributed by atoms with Gasteiger partial charge in [0.1, 0.15) is 11.2 Å². The van der Waals surface area contributed by atoms with Crippen LogP contribution in [0.15, 0.2) is 0 Å².